The van der Waals surface area contributed by atoms with Gasteiger partial charge in [-0.05, 0) is 12.8 Å². The number of rotatable bonds is 3. The van der Waals surface area contributed by atoms with Gasteiger partial charge in [0.2, 0.25) is 15.8 Å². The number of hydrogen-bond acceptors (Lipinski definition) is 6. The fourth-order valence-corrected chi connectivity index (χ4v) is 4.24. The lowest BCUT2D eigenvalue weighted by Gasteiger charge is -2.29. The van der Waals surface area contributed by atoms with Crippen LogP contribution < -0.4 is 0 Å². The lowest BCUT2D eigenvalue weighted by molar-refractivity contribution is 0.318. The first-order chi connectivity index (χ1) is 12.4. The molecule has 0 atom stereocenters. The Morgan fingerprint density at radius 3 is 2.58 bits per heavy atom. The van der Waals surface area contributed by atoms with Crippen LogP contribution in [-0.4, -0.2) is 56.4 Å². The van der Waals surface area contributed by atoms with Crippen LogP contribution in [0.4, 0.5) is 0 Å². The van der Waals surface area contributed by atoms with Gasteiger partial charge in [-0.1, -0.05) is 11.6 Å². The maximum atomic E-state index is 11.7. The van der Waals surface area contributed by atoms with Crippen LogP contribution in [0.3, 0.4) is 0 Å². The van der Waals surface area contributed by atoms with Gasteiger partial charge in [-0.2, -0.15) is 0 Å². The molecule has 0 saturated carbocycles. The fraction of sp³-hybridized carbons (Fsp3) is 0.375. The Hall–Kier alpha value is -2.10. The van der Waals surface area contributed by atoms with Crippen molar-refractivity contribution in [1.82, 2.24) is 28.6 Å². The molecular weight excluding hydrogens is 376 g/mol. The Kier molecular flexibility index (Phi) is 4.37. The van der Waals surface area contributed by atoms with E-state index in [2.05, 4.69) is 15.0 Å². The summed E-state index contributed by atoms with van der Waals surface area (Å²) in [5, 5.41) is 0.508. The van der Waals surface area contributed by atoms with E-state index < -0.39 is 10.0 Å². The largest absolute Gasteiger partial charge is 0.281 e. The summed E-state index contributed by atoms with van der Waals surface area (Å²) in [6.45, 7) is 1.01. The first-order valence-electron chi connectivity index (χ1n) is 8.18. The molecule has 10 heteroatoms. The van der Waals surface area contributed by atoms with Crippen molar-refractivity contribution in [3.8, 4) is 11.4 Å². The Morgan fingerprint density at radius 2 is 1.85 bits per heavy atom. The van der Waals surface area contributed by atoms with Gasteiger partial charge in [0.25, 0.3) is 0 Å². The van der Waals surface area contributed by atoms with Crippen LogP contribution in [0.5, 0.6) is 0 Å². The summed E-state index contributed by atoms with van der Waals surface area (Å²) in [7, 11) is -3.14. The third-order valence-corrected chi connectivity index (χ3v) is 6.09. The number of fused-ring (bicyclic) bond motifs is 1. The molecule has 0 aromatic carbocycles. The zero-order valence-electron chi connectivity index (χ0n) is 14.1. The number of aromatic nitrogens is 5. The van der Waals surface area contributed by atoms with E-state index in [9.17, 15) is 8.42 Å². The number of nitrogens with zero attached hydrogens (tertiary/aromatic N) is 6. The fourth-order valence-electron chi connectivity index (χ4n) is 3.22. The van der Waals surface area contributed by atoms with Crippen LogP contribution in [-0.2, 0) is 10.0 Å². The Labute approximate surface area is 155 Å². The average molecular weight is 393 g/mol. The highest BCUT2D eigenvalue weighted by Crippen LogP contribution is 2.29. The monoisotopic (exact) mass is 392 g/mol. The third kappa shape index (κ3) is 3.29. The van der Waals surface area contributed by atoms with Crippen LogP contribution in [0.2, 0.25) is 5.02 Å². The van der Waals surface area contributed by atoms with E-state index in [-0.39, 0.29) is 5.92 Å². The van der Waals surface area contributed by atoms with Gasteiger partial charge in [-0.15, -0.1) is 0 Å². The molecule has 0 amide bonds. The topological polar surface area (TPSA) is 93.4 Å². The van der Waals surface area contributed by atoms with E-state index in [1.165, 1.54) is 10.6 Å². The van der Waals surface area contributed by atoms with Crippen molar-refractivity contribution < 1.29 is 8.42 Å². The number of piperidine rings is 1. The molecule has 4 rings (SSSR count). The van der Waals surface area contributed by atoms with Crippen molar-refractivity contribution >= 4 is 27.4 Å². The minimum Gasteiger partial charge on any atom is -0.281 e. The number of halogens is 1. The van der Waals surface area contributed by atoms with E-state index in [1.807, 2.05) is 0 Å². The molecule has 1 aliphatic heterocycles. The van der Waals surface area contributed by atoms with Crippen LogP contribution in [0.1, 0.15) is 24.5 Å². The van der Waals surface area contributed by atoms with Gasteiger partial charge in [0.1, 0.15) is 5.69 Å². The first-order valence-corrected chi connectivity index (χ1v) is 10.4. The molecule has 0 radical (unpaired) electrons. The van der Waals surface area contributed by atoms with Crippen molar-refractivity contribution in [2.75, 3.05) is 19.3 Å². The van der Waals surface area contributed by atoms with Gasteiger partial charge in [0.15, 0.2) is 0 Å². The molecule has 0 unspecified atom stereocenters. The van der Waals surface area contributed by atoms with E-state index in [0.29, 0.717) is 29.6 Å². The second-order valence-electron chi connectivity index (χ2n) is 6.35. The molecule has 3 aromatic rings. The van der Waals surface area contributed by atoms with Gasteiger partial charge in [0.05, 0.1) is 41.3 Å². The molecule has 1 aliphatic rings. The highest BCUT2D eigenvalue weighted by atomic mass is 35.5. The highest BCUT2D eigenvalue weighted by Gasteiger charge is 2.27. The number of hydrogen-bond donors (Lipinski definition) is 0. The molecule has 1 saturated heterocycles. The summed E-state index contributed by atoms with van der Waals surface area (Å²) in [5.41, 5.74) is 2.31. The molecular formula is C16H17ClN6O2S. The molecule has 0 bridgehead atoms. The summed E-state index contributed by atoms with van der Waals surface area (Å²) in [6, 6.07) is 0. The average Bonchev–Trinajstić information content (AvgIpc) is 3.04. The number of imidazole rings is 1. The molecule has 1 fully saturated rings. The maximum absolute atomic E-state index is 11.7. The van der Waals surface area contributed by atoms with Crippen molar-refractivity contribution in [3.63, 3.8) is 0 Å². The third-order valence-electron chi connectivity index (χ3n) is 4.59. The van der Waals surface area contributed by atoms with Crippen LogP contribution in [0.25, 0.3) is 17.2 Å². The molecule has 0 aliphatic carbocycles. The molecule has 3 aromatic heterocycles. The summed E-state index contributed by atoms with van der Waals surface area (Å²) in [4.78, 5) is 17.5. The van der Waals surface area contributed by atoms with Gasteiger partial charge in [0, 0.05) is 31.4 Å². The van der Waals surface area contributed by atoms with E-state index in [4.69, 9.17) is 16.6 Å². The molecule has 4 heterocycles. The van der Waals surface area contributed by atoms with Crippen molar-refractivity contribution in [1.29, 1.82) is 0 Å². The summed E-state index contributed by atoms with van der Waals surface area (Å²) >= 11 is 6.04. The van der Waals surface area contributed by atoms with Crippen molar-refractivity contribution in [3.05, 3.63) is 41.7 Å². The summed E-state index contributed by atoms with van der Waals surface area (Å²) in [5.74, 6) is 0.722. The maximum Gasteiger partial charge on any atom is 0.234 e. The van der Waals surface area contributed by atoms with E-state index in [0.717, 1.165) is 24.2 Å². The molecule has 8 nitrogen and oxygen atoms in total. The summed E-state index contributed by atoms with van der Waals surface area (Å²) < 4.78 is 26.6. The van der Waals surface area contributed by atoms with E-state index >= 15 is 0 Å². The molecule has 136 valence electrons. The van der Waals surface area contributed by atoms with Gasteiger partial charge >= 0.3 is 0 Å². The Bertz CT molecular complexity index is 1060. The van der Waals surface area contributed by atoms with Gasteiger partial charge < -0.3 is 0 Å². The van der Waals surface area contributed by atoms with Crippen LogP contribution in [0.15, 0.2) is 31.0 Å². The predicted molar refractivity (Wildman–Crippen MR) is 97.4 cm³/mol. The van der Waals surface area contributed by atoms with Crippen molar-refractivity contribution in [2.45, 2.75) is 18.8 Å². The predicted octanol–water partition coefficient (Wildman–Crippen LogP) is 1.98. The molecule has 26 heavy (non-hydrogen) atoms. The SMILES string of the molecule is CS(=O)(=O)N1CCC(c2cncc(-c3cnc4ncc(Cl)cn34)n2)CC1. The normalized spacial score (nSPS) is 17.0. The lowest BCUT2D eigenvalue weighted by atomic mass is 9.95. The quantitative estimate of drug-likeness (QED) is 0.676. The first kappa shape index (κ1) is 17.3. The summed E-state index contributed by atoms with van der Waals surface area (Å²) in [6.07, 6.45) is 11.1. The zero-order chi connectivity index (χ0) is 18.3. The van der Waals surface area contributed by atoms with Crippen LogP contribution >= 0.6 is 11.6 Å². The van der Waals surface area contributed by atoms with Gasteiger partial charge in [-0.25, -0.2) is 27.7 Å². The number of sulfonamides is 1. The van der Waals surface area contributed by atoms with Crippen LogP contribution in [0, 0.1) is 0 Å². The standard InChI is InChI=1S/C16H17ClN6O2S/c1-26(24,25)22-4-2-11(3-5-22)13-7-18-8-14(21-13)15-9-20-16-19-6-12(17)10-23(15)16/h6-11H,2-5H2,1H3. The van der Waals surface area contributed by atoms with Gasteiger partial charge in [-0.3, -0.25) is 9.38 Å². The smallest absolute Gasteiger partial charge is 0.234 e. The lowest BCUT2D eigenvalue weighted by Crippen LogP contribution is -2.37. The van der Waals surface area contributed by atoms with Crippen molar-refractivity contribution in [2.24, 2.45) is 0 Å². The minimum atomic E-state index is -3.14. The Balaban J connectivity index is 1.62. The second kappa shape index (κ2) is 6.57. The minimum absolute atomic E-state index is 0.182. The second-order valence-corrected chi connectivity index (χ2v) is 8.77. The molecule has 0 N–H and O–H groups in total. The van der Waals surface area contributed by atoms with E-state index in [1.54, 1.807) is 35.4 Å². The zero-order valence-corrected chi connectivity index (χ0v) is 15.7. The molecule has 0 spiro atoms. The highest BCUT2D eigenvalue weighted by molar-refractivity contribution is 7.88. The Morgan fingerprint density at radius 1 is 1.12 bits per heavy atom.